The van der Waals surface area contributed by atoms with Gasteiger partial charge >= 0.3 is 0 Å². The molecule has 2 heterocycles. The fourth-order valence-corrected chi connectivity index (χ4v) is 3.19. The number of hydrogen-bond donors (Lipinski definition) is 2. The number of carbonyl (C=O) groups excluding carboxylic acids is 2. The first-order chi connectivity index (χ1) is 14.0. The molecule has 3 aromatic rings. The number of nitrogens with one attached hydrogen (secondary N) is 1. The molecular formula is C21H26N6O3. The highest BCUT2D eigenvalue weighted by Gasteiger charge is 2.24. The molecule has 0 aliphatic carbocycles. The number of fused-ring (bicyclic) bond motifs is 1. The average Bonchev–Trinajstić information content (AvgIpc) is 3.10. The van der Waals surface area contributed by atoms with Crippen LogP contribution in [0.5, 0.6) is 0 Å². The summed E-state index contributed by atoms with van der Waals surface area (Å²) in [6.07, 6.45) is 1.66. The molecule has 3 rings (SSSR count). The van der Waals surface area contributed by atoms with E-state index in [4.69, 9.17) is 5.73 Å². The highest BCUT2D eigenvalue weighted by molar-refractivity contribution is 5.94. The number of nitrogens with zero attached hydrogens (tertiary/aromatic N) is 4. The third kappa shape index (κ3) is 4.10. The maximum Gasteiger partial charge on any atom is 0.293 e. The summed E-state index contributed by atoms with van der Waals surface area (Å²) in [6, 6.07) is 6.19. The first-order valence-corrected chi connectivity index (χ1v) is 9.68. The van der Waals surface area contributed by atoms with Gasteiger partial charge in [0.05, 0.1) is 17.4 Å². The van der Waals surface area contributed by atoms with Gasteiger partial charge in [-0.25, -0.2) is 4.68 Å². The van der Waals surface area contributed by atoms with Gasteiger partial charge in [0, 0.05) is 16.6 Å². The summed E-state index contributed by atoms with van der Waals surface area (Å²) in [7, 11) is 0. The lowest BCUT2D eigenvalue weighted by Crippen LogP contribution is -2.34. The van der Waals surface area contributed by atoms with Gasteiger partial charge in [0.25, 0.3) is 5.56 Å². The fraction of sp³-hybridized carbons (Fsp3) is 0.381. The monoisotopic (exact) mass is 410 g/mol. The molecule has 0 atom stereocenters. The van der Waals surface area contributed by atoms with Crippen LogP contribution >= 0.6 is 0 Å². The molecule has 0 aliphatic heterocycles. The van der Waals surface area contributed by atoms with Crippen molar-refractivity contribution in [2.45, 2.75) is 52.6 Å². The van der Waals surface area contributed by atoms with E-state index in [0.717, 1.165) is 0 Å². The molecule has 9 nitrogen and oxygen atoms in total. The summed E-state index contributed by atoms with van der Waals surface area (Å²) in [5.41, 5.74) is 6.41. The summed E-state index contributed by atoms with van der Waals surface area (Å²) >= 11 is 0. The van der Waals surface area contributed by atoms with Crippen LogP contribution in [0.4, 0.5) is 5.69 Å². The van der Waals surface area contributed by atoms with Crippen LogP contribution in [0.1, 0.15) is 56.6 Å². The van der Waals surface area contributed by atoms with Gasteiger partial charge < -0.3 is 11.1 Å². The highest BCUT2D eigenvalue weighted by Crippen LogP contribution is 2.24. The molecular weight excluding hydrogens is 384 g/mol. The Morgan fingerprint density at radius 3 is 2.33 bits per heavy atom. The summed E-state index contributed by atoms with van der Waals surface area (Å²) in [5, 5.41) is 12.3. The minimum absolute atomic E-state index is 0.0429. The molecule has 3 N–H and O–H groups in total. The molecule has 2 amide bonds. The molecule has 158 valence electrons. The molecule has 0 saturated heterocycles. The van der Waals surface area contributed by atoms with Crippen molar-refractivity contribution in [3.05, 3.63) is 52.1 Å². The molecule has 0 bridgehead atoms. The number of primary amides is 1. The van der Waals surface area contributed by atoms with Crippen LogP contribution in [0.15, 0.2) is 35.3 Å². The minimum atomic E-state index is -0.548. The number of hydrogen-bond acceptors (Lipinski definition) is 5. The van der Waals surface area contributed by atoms with Crippen LogP contribution in [0.25, 0.3) is 10.9 Å². The maximum absolute atomic E-state index is 13.1. The second-order valence-electron chi connectivity index (χ2n) is 8.48. The predicted molar refractivity (Wildman–Crippen MR) is 114 cm³/mol. The smallest absolute Gasteiger partial charge is 0.293 e. The zero-order valence-corrected chi connectivity index (χ0v) is 17.8. The number of rotatable bonds is 5. The summed E-state index contributed by atoms with van der Waals surface area (Å²) in [4.78, 5) is 36.9. The van der Waals surface area contributed by atoms with E-state index < -0.39 is 17.4 Å². The maximum atomic E-state index is 13.1. The fourth-order valence-electron chi connectivity index (χ4n) is 3.19. The number of nitrogens with two attached hydrogens (primary N) is 1. The van der Waals surface area contributed by atoms with Crippen molar-refractivity contribution in [2.75, 3.05) is 5.32 Å². The van der Waals surface area contributed by atoms with Crippen LogP contribution in [0.3, 0.4) is 0 Å². The van der Waals surface area contributed by atoms with Crippen molar-refractivity contribution >= 4 is 28.4 Å². The molecule has 9 heteroatoms. The van der Waals surface area contributed by atoms with Crippen LogP contribution in [0.2, 0.25) is 0 Å². The molecule has 30 heavy (non-hydrogen) atoms. The molecule has 0 unspecified atom stereocenters. The highest BCUT2D eigenvalue weighted by atomic mass is 16.2. The van der Waals surface area contributed by atoms with Crippen molar-refractivity contribution < 1.29 is 9.59 Å². The zero-order valence-electron chi connectivity index (χ0n) is 17.8. The number of anilines is 1. The Hall–Kier alpha value is -3.49. The van der Waals surface area contributed by atoms with Gasteiger partial charge in [-0.15, -0.1) is 0 Å². The summed E-state index contributed by atoms with van der Waals surface area (Å²) < 4.78 is 2.85. The Kier molecular flexibility index (Phi) is 5.47. The van der Waals surface area contributed by atoms with Crippen molar-refractivity contribution in [1.29, 1.82) is 0 Å². The van der Waals surface area contributed by atoms with E-state index in [1.807, 2.05) is 34.6 Å². The van der Waals surface area contributed by atoms with Crippen LogP contribution in [-0.2, 0) is 16.9 Å². The number of aromatic nitrogens is 4. The van der Waals surface area contributed by atoms with Crippen LogP contribution < -0.4 is 16.6 Å². The van der Waals surface area contributed by atoms with Gasteiger partial charge in [0.2, 0.25) is 11.8 Å². The van der Waals surface area contributed by atoms with Gasteiger partial charge in [-0.05, 0) is 51.0 Å². The van der Waals surface area contributed by atoms with Gasteiger partial charge in [-0.3, -0.25) is 19.1 Å². The van der Waals surface area contributed by atoms with Gasteiger partial charge in [-0.1, -0.05) is 13.8 Å². The largest absolute Gasteiger partial charge is 0.366 e. The van der Waals surface area contributed by atoms with Crippen molar-refractivity contribution in [1.82, 2.24) is 19.6 Å². The topological polar surface area (TPSA) is 125 Å². The Morgan fingerprint density at radius 2 is 1.80 bits per heavy atom. The number of benzene rings is 1. The Morgan fingerprint density at radius 1 is 1.17 bits per heavy atom. The molecule has 0 fully saturated rings. The molecule has 0 spiro atoms. The second kappa shape index (κ2) is 7.74. The van der Waals surface area contributed by atoms with Crippen LogP contribution in [-0.4, -0.2) is 31.4 Å². The van der Waals surface area contributed by atoms with Gasteiger partial charge in [0.1, 0.15) is 12.1 Å². The summed E-state index contributed by atoms with van der Waals surface area (Å²) in [6.45, 7) is 9.58. The predicted octanol–water partition coefficient (Wildman–Crippen LogP) is 2.21. The number of amides is 2. The molecule has 2 aromatic heterocycles. The van der Waals surface area contributed by atoms with E-state index in [-0.39, 0.29) is 18.0 Å². The lowest BCUT2D eigenvalue weighted by Gasteiger charge is -2.21. The van der Waals surface area contributed by atoms with Gasteiger partial charge in [-0.2, -0.15) is 10.2 Å². The Labute approximate surface area is 173 Å². The van der Waals surface area contributed by atoms with Crippen molar-refractivity contribution in [2.24, 2.45) is 5.73 Å². The SMILES string of the molecule is CC(C)c1nn(CC(=O)Nc2ccc(C(N)=O)cc2)c(=O)c2c1cnn2C(C)(C)C. The quantitative estimate of drug-likeness (QED) is 0.667. The average molecular weight is 410 g/mol. The van der Waals surface area contributed by atoms with Crippen molar-refractivity contribution in [3.8, 4) is 0 Å². The normalized spacial score (nSPS) is 11.8. The second-order valence-corrected chi connectivity index (χ2v) is 8.48. The first-order valence-electron chi connectivity index (χ1n) is 9.68. The number of carbonyl (C=O) groups is 2. The zero-order chi connectivity index (χ0) is 22.2. The molecule has 1 aromatic carbocycles. The van der Waals surface area contributed by atoms with E-state index in [1.165, 1.54) is 16.8 Å². The van der Waals surface area contributed by atoms with Crippen LogP contribution in [0, 0.1) is 0 Å². The minimum Gasteiger partial charge on any atom is -0.366 e. The third-order valence-corrected chi connectivity index (χ3v) is 4.64. The molecule has 0 radical (unpaired) electrons. The first kappa shape index (κ1) is 21.2. The molecule has 0 saturated carbocycles. The summed E-state index contributed by atoms with van der Waals surface area (Å²) in [5.74, 6) is -0.915. The van der Waals surface area contributed by atoms with Crippen molar-refractivity contribution in [3.63, 3.8) is 0 Å². The molecule has 0 aliphatic rings. The van der Waals surface area contributed by atoms with Gasteiger partial charge in [0.15, 0.2) is 0 Å². The van der Waals surface area contributed by atoms with E-state index in [2.05, 4.69) is 15.5 Å². The lowest BCUT2D eigenvalue weighted by molar-refractivity contribution is -0.117. The Balaban J connectivity index is 1.97. The van der Waals surface area contributed by atoms with E-state index >= 15 is 0 Å². The lowest BCUT2D eigenvalue weighted by atomic mass is 10.1. The Bertz CT molecular complexity index is 1170. The standard InChI is InChI=1S/C21H26N6O3/c1-12(2)17-15-10-23-27(21(3,4)5)18(15)20(30)26(25-17)11-16(28)24-14-8-6-13(7-9-14)19(22)29/h6-10,12H,11H2,1-5H3,(H2,22,29)(H,24,28). The van der Waals surface area contributed by atoms with E-state index in [9.17, 15) is 14.4 Å². The van der Waals surface area contributed by atoms with E-state index in [0.29, 0.717) is 27.8 Å². The van der Waals surface area contributed by atoms with E-state index in [1.54, 1.807) is 23.0 Å². The third-order valence-electron chi connectivity index (χ3n) is 4.64.